The molecule has 0 aromatic heterocycles. The van der Waals surface area contributed by atoms with E-state index >= 15 is 0 Å². The highest BCUT2D eigenvalue weighted by molar-refractivity contribution is 7.29. The summed E-state index contributed by atoms with van der Waals surface area (Å²) in [6, 6.07) is 0. The second-order valence-electron chi connectivity index (χ2n) is 2.11. The van der Waals surface area contributed by atoms with Crippen LogP contribution < -0.4 is 0 Å². The Morgan fingerprint density at radius 3 is 3.10 bits per heavy atom. The quantitative estimate of drug-likeness (QED) is 0.595. The Labute approximate surface area is 61.1 Å². The van der Waals surface area contributed by atoms with Crippen LogP contribution in [0.1, 0.15) is 6.42 Å². The molecule has 1 atom stereocenters. The Bertz CT molecular complexity index is 124. The minimum Gasteiger partial charge on any atom is -0.480 e. The van der Waals surface area contributed by atoms with Gasteiger partial charge in [-0.05, 0) is 6.42 Å². The molecule has 0 radical (unpaired) electrons. The van der Waals surface area contributed by atoms with Gasteiger partial charge in [0.15, 0.2) is 0 Å². The highest BCUT2D eigenvalue weighted by Gasteiger charge is 2.12. The average molecular weight is 163 g/mol. The Kier molecular flexibility index (Phi) is 3.06. The van der Waals surface area contributed by atoms with Crippen LogP contribution in [0, 0.1) is 0 Å². The smallest absolute Gasteiger partial charge is 0.318 e. The molecule has 1 saturated heterocycles. The SMILES string of the molecule is O=C(O)CN1CCCOP1. The third kappa shape index (κ3) is 2.60. The topological polar surface area (TPSA) is 49.8 Å². The molecule has 1 aliphatic heterocycles. The van der Waals surface area contributed by atoms with Crippen molar-refractivity contribution < 1.29 is 14.4 Å². The lowest BCUT2D eigenvalue weighted by molar-refractivity contribution is -0.137. The first-order valence-electron chi connectivity index (χ1n) is 3.13. The molecule has 0 aromatic rings. The Balaban J connectivity index is 2.19. The molecule has 0 aliphatic carbocycles. The van der Waals surface area contributed by atoms with Crippen molar-refractivity contribution in [3.8, 4) is 0 Å². The van der Waals surface area contributed by atoms with Gasteiger partial charge >= 0.3 is 5.97 Å². The molecular formula is C5H10NO3P. The normalized spacial score (nSPS) is 23.2. The maximum Gasteiger partial charge on any atom is 0.318 e. The van der Waals surface area contributed by atoms with Crippen LogP contribution in [0.15, 0.2) is 0 Å². The van der Waals surface area contributed by atoms with E-state index in [1.807, 2.05) is 0 Å². The maximum absolute atomic E-state index is 10.2. The van der Waals surface area contributed by atoms with E-state index in [0.717, 1.165) is 19.6 Å². The Morgan fingerprint density at radius 2 is 2.60 bits per heavy atom. The first-order valence-corrected chi connectivity index (χ1v) is 3.99. The molecule has 1 N–H and O–H groups in total. The van der Waals surface area contributed by atoms with Crippen molar-refractivity contribution in [2.24, 2.45) is 0 Å². The molecule has 10 heavy (non-hydrogen) atoms. The van der Waals surface area contributed by atoms with Gasteiger partial charge in [0.25, 0.3) is 0 Å². The molecule has 4 nitrogen and oxygen atoms in total. The predicted molar refractivity (Wildman–Crippen MR) is 38.1 cm³/mol. The summed E-state index contributed by atoms with van der Waals surface area (Å²) in [6.45, 7) is 1.73. The zero-order valence-corrected chi connectivity index (χ0v) is 6.54. The van der Waals surface area contributed by atoms with E-state index in [0.29, 0.717) is 0 Å². The van der Waals surface area contributed by atoms with Crippen LogP contribution in [0.4, 0.5) is 0 Å². The van der Waals surface area contributed by atoms with Gasteiger partial charge < -0.3 is 9.63 Å². The van der Waals surface area contributed by atoms with E-state index in [9.17, 15) is 4.79 Å². The zero-order chi connectivity index (χ0) is 7.40. The minimum atomic E-state index is -0.780. The van der Waals surface area contributed by atoms with Crippen molar-refractivity contribution in [3.05, 3.63) is 0 Å². The van der Waals surface area contributed by atoms with E-state index in [2.05, 4.69) is 0 Å². The molecule has 1 heterocycles. The van der Waals surface area contributed by atoms with Gasteiger partial charge in [-0.2, -0.15) is 0 Å². The lowest BCUT2D eigenvalue weighted by Crippen LogP contribution is -2.27. The van der Waals surface area contributed by atoms with Crippen LogP contribution in [-0.2, 0) is 9.32 Å². The van der Waals surface area contributed by atoms with E-state index < -0.39 is 5.97 Å². The second-order valence-corrected chi connectivity index (χ2v) is 3.21. The number of rotatable bonds is 2. The van der Waals surface area contributed by atoms with Crippen LogP contribution in [0.2, 0.25) is 0 Å². The Morgan fingerprint density at radius 1 is 1.80 bits per heavy atom. The van der Waals surface area contributed by atoms with Crippen LogP contribution in [-0.4, -0.2) is 35.4 Å². The fraction of sp³-hybridized carbons (Fsp3) is 0.800. The maximum atomic E-state index is 10.2. The van der Waals surface area contributed by atoms with Gasteiger partial charge in [0.1, 0.15) is 6.54 Å². The molecule has 1 fully saturated rings. The average Bonchev–Trinajstić information content (AvgIpc) is 1.88. The standard InChI is InChI=1S/C5H10NO3P/c7-5(8)4-6-2-1-3-9-10-6/h10H,1-4H2,(H,7,8). The number of aliphatic carboxylic acids is 1. The summed E-state index contributed by atoms with van der Waals surface area (Å²) in [4.78, 5) is 10.2. The van der Waals surface area contributed by atoms with Crippen molar-refractivity contribution in [2.45, 2.75) is 6.42 Å². The molecule has 1 unspecified atom stereocenters. The summed E-state index contributed by atoms with van der Waals surface area (Å²) < 4.78 is 6.87. The van der Waals surface area contributed by atoms with E-state index in [1.54, 1.807) is 4.67 Å². The lowest BCUT2D eigenvalue weighted by atomic mass is 10.4. The second kappa shape index (κ2) is 3.86. The van der Waals surface area contributed by atoms with Gasteiger partial charge in [-0.3, -0.25) is 9.46 Å². The third-order valence-electron chi connectivity index (χ3n) is 1.19. The number of nitrogens with zero attached hydrogens (tertiary/aromatic N) is 1. The highest BCUT2D eigenvalue weighted by Crippen LogP contribution is 2.23. The van der Waals surface area contributed by atoms with Crippen LogP contribution in [0.3, 0.4) is 0 Å². The van der Waals surface area contributed by atoms with Crippen molar-refractivity contribution >= 4 is 14.9 Å². The number of carbonyl (C=O) groups is 1. The van der Waals surface area contributed by atoms with Gasteiger partial charge in [0, 0.05) is 6.54 Å². The van der Waals surface area contributed by atoms with Gasteiger partial charge in [-0.15, -0.1) is 0 Å². The van der Waals surface area contributed by atoms with Crippen LogP contribution >= 0.6 is 8.96 Å². The summed E-state index contributed by atoms with van der Waals surface area (Å²) in [6.07, 6.45) is 0.945. The van der Waals surface area contributed by atoms with Crippen LogP contribution in [0.5, 0.6) is 0 Å². The summed E-state index contributed by atoms with van der Waals surface area (Å²) in [7, 11) is 0.238. The highest BCUT2D eigenvalue weighted by atomic mass is 31.1. The van der Waals surface area contributed by atoms with E-state index in [4.69, 9.17) is 9.63 Å². The minimum absolute atomic E-state index is 0.110. The zero-order valence-electron chi connectivity index (χ0n) is 5.54. The van der Waals surface area contributed by atoms with Crippen molar-refractivity contribution in [2.75, 3.05) is 19.7 Å². The number of carboxylic acid groups (broad SMARTS) is 1. The van der Waals surface area contributed by atoms with Crippen LogP contribution in [0.25, 0.3) is 0 Å². The summed E-state index contributed by atoms with van der Waals surface area (Å²) in [5, 5.41) is 8.37. The van der Waals surface area contributed by atoms with Gasteiger partial charge in [0.2, 0.25) is 0 Å². The van der Waals surface area contributed by atoms with Gasteiger partial charge in [0.05, 0.1) is 15.6 Å². The summed E-state index contributed by atoms with van der Waals surface area (Å²) >= 11 is 0. The Hall–Kier alpha value is -0.180. The van der Waals surface area contributed by atoms with Gasteiger partial charge in [-0.1, -0.05) is 0 Å². The molecule has 1 aliphatic rings. The fourth-order valence-corrected chi connectivity index (χ4v) is 1.65. The molecule has 1 rings (SSSR count). The van der Waals surface area contributed by atoms with Crippen molar-refractivity contribution in [1.29, 1.82) is 0 Å². The monoisotopic (exact) mass is 163 g/mol. The predicted octanol–water partition coefficient (Wildman–Crippen LogP) is 0.302. The largest absolute Gasteiger partial charge is 0.480 e. The fourth-order valence-electron chi connectivity index (χ4n) is 0.785. The molecule has 0 bridgehead atoms. The number of hydrogen-bond acceptors (Lipinski definition) is 3. The number of carboxylic acids is 1. The summed E-state index contributed by atoms with van der Waals surface area (Å²) in [5.41, 5.74) is 0. The van der Waals surface area contributed by atoms with Crippen molar-refractivity contribution in [1.82, 2.24) is 4.67 Å². The van der Waals surface area contributed by atoms with Gasteiger partial charge in [-0.25, -0.2) is 0 Å². The molecular weight excluding hydrogens is 153 g/mol. The first-order chi connectivity index (χ1) is 4.79. The molecule has 58 valence electrons. The third-order valence-corrected chi connectivity index (χ3v) is 2.17. The van der Waals surface area contributed by atoms with E-state index in [1.165, 1.54) is 0 Å². The molecule has 5 heteroatoms. The molecule has 0 aromatic carbocycles. The first kappa shape index (κ1) is 7.92. The molecule has 0 saturated carbocycles. The lowest BCUT2D eigenvalue weighted by Gasteiger charge is -2.23. The summed E-state index contributed by atoms with van der Waals surface area (Å²) in [5.74, 6) is -0.780. The van der Waals surface area contributed by atoms with E-state index in [-0.39, 0.29) is 15.5 Å². The molecule has 0 spiro atoms. The van der Waals surface area contributed by atoms with Crippen molar-refractivity contribution in [3.63, 3.8) is 0 Å². The number of hydrogen-bond donors (Lipinski definition) is 1. The molecule has 0 amide bonds.